The molecule has 0 bridgehead atoms. The van der Waals surface area contributed by atoms with Crippen LogP contribution < -0.4 is 5.32 Å². The largest absolute Gasteiger partial charge is 0.382 e. The first-order valence-electron chi connectivity index (χ1n) is 7.59. The minimum atomic E-state index is 0.164. The minimum absolute atomic E-state index is 0.164. The highest BCUT2D eigenvalue weighted by molar-refractivity contribution is 5.52. The lowest BCUT2D eigenvalue weighted by molar-refractivity contribution is -0.0975. The van der Waals surface area contributed by atoms with Gasteiger partial charge in [0.1, 0.15) is 0 Å². The lowest BCUT2D eigenvalue weighted by Gasteiger charge is -2.52. The van der Waals surface area contributed by atoms with Gasteiger partial charge < -0.3 is 10.1 Å². The van der Waals surface area contributed by atoms with Gasteiger partial charge in [-0.15, -0.1) is 0 Å². The highest BCUT2D eigenvalue weighted by Crippen LogP contribution is 2.44. The fraction of sp³-hybridized carbons (Fsp3) is 0.471. The number of benzene rings is 1. The van der Waals surface area contributed by atoms with Crippen LogP contribution in [0.15, 0.2) is 42.7 Å². The molecule has 1 saturated carbocycles. The number of hydrogen-bond donors (Lipinski definition) is 1. The quantitative estimate of drug-likeness (QED) is 0.914. The number of hydrogen-bond acceptors (Lipinski definition) is 3. The molecule has 2 aromatic rings. The maximum absolute atomic E-state index is 5.79. The maximum Gasteiger partial charge on any atom is 0.0666 e. The van der Waals surface area contributed by atoms with E-state index in [4.69, 9.17) is 4.74 Å². The summed E-state index contributed by atoms with van der Waals surface area (Å²) < 4.78 is 7.66. The molecule has 1 fully saturated rings. The van der Waals surface area contributed by atoms with Crippen molar-refractivity contribution in [3.8, 4) is 5.69 Å². The van der Waals surface area contributed by atoms with E-state index in [1.807, 2.05) is 16.9 Å². The van der Waals surface area contributed by atoms with Crippen LogP contribution in [0.2, 0.25) is 0 Å². The molecular formula is C17H23N3O. The Kier molecular flexibility index (Phi) is 3.72. The highest BCUT2D eigenvalue weighted by Gasteiger charge is 2.48. The van der Waals surface area contributed by atoms with E-state index in [1.54, 1.807) is 6.20 Å². The number of ether oxygens (including phenoxy) is 1. The van der Waals surface area contributed by atoms with Gasteiger partial charge in [0.25, 0.3) is 0 Å². The minimum Gasteiger partial charge on any atom is -0.382 e. The van der Waals surface area contributed by atoms with Crippen LogP contribution in [0, 0.1) is 5.41 Å². The third kappa shape index (κ3) is 2.68. The molecule has 3 rings (SSSR count). The van der Waals surface area contributed by atoms with Crippen LogP contribution in [0.5, 0.6) is 0 Å². The van der Waals surface area contributed by atoms with Crippen LogP contribution in [0.3, 0.4) is 0 Å². The van der Waals surface area contributed by atoms with Gasteiger partial charge in [-0.05, 0) is 37.6 Å². The van der Waals surface area contributed by atoms with E-state index in [0.29, 0.717) is 12.1 Å². The topological polar surface area (TPSA) is 39.1 Å². The molecule has 112 valence electrons. The lowest BCUT2D eigenvalue weighted by Crippen LogP contribution is -2.58. The maximum atomic E-state index is 5.79. The Balaban J connectivity index is 1.71. The molecule has 1 heterocycles. The second-order valence-corrected chi connectivity index (χ2v) is 6.20. The standard InChI is InChI=1S/C17H23N3O/c1-4-21-16-12-15(17(16,2)3)19-13-7-5-8-14(11-13)20-10-6-9-18-20/h5-11,15-16,19H,4,12H2,1-3H3. The Morgan fingerprint density at radius 1 is 1.38 bits per heavy atom. The molecule has 1 aliphatic rings. The Labute approximate surface area is 126 Å². The molecule has 1 N–H and O–H groups in total. The zero-order valence-corrected chi connectivity index (χ0v) is 12.9. The predicted octanol–water partition coefficient (Wildman–Crippen LogP) is 3.49. The molecule has 2 unspecified atom stereocenters. The van der Waals surface area contributed by atoms with Gasteiger partial charge in [0.05, 0.1) is 11.8 Å². The van der Waals surface area contributed by atoms with E-state index >= 15 is 0 Å². The Morgan fingerprint density at radius 2 is 2.24 bits per heavy atom. The van der Waals surface area contributed by atoms with Crippen molar-refractivity contribution in [2.75, 3.05) is 11.9 Å². The van der Waals surface area contributed by atoms with Crippen LogP contribution in [0.4, 0.5) is 5.69 Å². The SMILES string of the molecule is CCOC1CC(Nc2cccc(-n3cccn3)c2)C1(C)C. The van der Waals surface area contributed by atoms with Gasteiger partial charge in [-0.2, -0.15) is 5.10 Å². The van der Waals surface area contributed by atoms with E-state index in [9.17, 15) is 0 Å². The monoisotopic (exact) mass is 285 g/mol. The summed E-state index contributed by atoms with van der Waals surface area (Å²) in [6.07, 6.45) is 5.17. The van der Waals surface area contributed by atoms with E-state index in [-0.39, 0.29) is 5.41 Å². The second-order valence-electron chi connectivity index (χ2n) is 6.20. The Morgan fingerprint density at radius 3 is 2.90 bits per heavy atom. The average Bonchev–Trinajstić information content (AvgIpc) is 3.01. The van der Waals surface area contributed by atoms with Crippen molar-refractivity contribution in [3.05, 3.63) is 42.7 Å². The molecule has 0 radical (unpaired) electrons. The predicted molar refractivity (Wildman–Crippen MR) is 84.8 cm³/mol. The summed E-state index contributed by atoms with van der Waals surface area (Å²) in [5, 5.41) is 7.91. The first-order valence-corrected chi connectivity index (χ1v) is 7.59. The summed E-state index contributed by atoms with van der Waals surface area (Å²) in [7, 11) is 0. The zero-order valence-electron chi connectivity index (χ0n) is 12.9. The van der Waals surface area contributed by atoms with Crippen LogP contribution in [0.1, 0.15) is 27.2 Å². The van der Waals surface area contributed by atoms with Gasteiger partial charge in [-0.3, -0.25) is 0 Å². The highest BCUT2D eigenvalue weighted by atomic mass is 16.5. The molecular weight excluding hydrogens is 262 g/mol. The third-order valence-corrected chi connectivity index (χ3v) is 4.50. The van der Waals surface area contributed by atoms with Crippen LogP contribution >= 0.6 is 0 Å². The number of anilines is 1. The molecule has 1 aromatic heterocycles. The van der Waals surface area contributed by atoms with Gasteiger partial charge in [-0.1, -0.05) is 19.9 Å². The van der Waals surface area contributed by atoms with Gasteiger partial charge in [0.15, 0.2) is 0 Å². The van der Waals surface area contributed by atoms with Gasteiger partial charge in [-0.25, -0.2) is 4.68 Å². The molecule has 0 saturated heterocycles. The number of aromatic nitrogens is 2. The van der Waals surface area contributed by atoms with E-state index < -0.39 is 0 Å². The van der Waals surface area contributed by atoms with Crippen LogP contribution in [-0.2, 0) is 4.74 Å². The van der Waals surface area contributed by atoms with Crippen LogP contribution in [0.25, 0.3) is 5.69 Å². The summed E-state index contributed by atoms with van der Waals surface area (Å²) in [5.74, 6) is 0. The van der Waals surface area contributed by atoms with Crippen molar-refractivity contribution in [1.82, 2.24) is 9.78 Å². The first-order chi connectivity index (χ1) is 10.1. The summed E-state index contributed by atoms with van der Waals surface area (Å²) in [6, 6.07) is 10.7. The molecule has 0 spiro atoms. The van der Waals surface area contributed by atoms with Crippen LogP contribution in [-0.4, -0.2) is 28.5 Å². The van der Waals surface area contributed by atoms with E-state index in [0.717, 1.165) is 24.4 Å². The van der Waals surface area contributed by atoms with Gasteiger partial charge in [0, 0.05) is 36.1 Å². The fourth-order valence-electron chi connectivity index (χ4n) is 2.98. The summed E-state index contributed by atoms with van der Waals surface area (Å²) in [4.78, 5) is 0. The summed E-state index contributed by atoms with van der Waals surface area (Å²) in [6.45, 7) is 7.39. The van der Waals surface area contributed by atoms with Crippen molar-refractivity contribution in [2.24, 2.45) is 5.41 Å². The van der Waals surface area contributed by atoms with Crippen molar-refractivity contribution >= 4 is 5.69 Å². The summed E-state index contributed by atoms with van der Waals surface area (Å²) in [5.41, 5.74) is 2.37. The van der Waals surface area contributed by atoms with E-state index in [2.05, 4.69) is 55.5 Å². The number of nitrogens with one attached hydrogen (secondary N) is 1. The molecule has 0 aliphatic heterocycles. The molecule has 1 aliphatic carbocycles. The van der Waals surface area contributed by atoms with Gasteiger partial charge >= 0.3 is 0 Å². The van der Waals surface area contributed by atoms with E-state index in [1.165, 1.54) is 0 Å². The van der Waals surface area contributed by atoms with Crippen molar-refractivity contribution < 1.29 is 4.74 Å². The summed E-state index contributed by atoms with van der Waals surface area (Å²) >= 11 is 0. The first kappa shape index (κ1) is 14.1. The van der Waals surface area contributed by atoms with Gasteiger partial charge in [0.2, 0.25) is 0 Å². The Bertz CT molecular complexity index is 592. The molecule has 4 heteroatoms. The average molecular weight is 285 g/mol. The lowest BCUT2D eigenvalue weighted by atomic mass is 9.64. The normalized spacial score (nSPS) is 23.6. The molecule has 1 aromatic carbocycles. The molecule has 21 heavy (non-hydrogen) atoms. The molecule has 0 amide bonds. The number of rotatable bonds is 5. The zero-order chi connectivity index (χ0) is 14.9. The molecule has 2 atom stereocenters. The Hall–Kier alpha value is -1.81. The second kappa shape index (κ2) is 5.53. The molecule has 4 nitrogen and oxygen atoms in total. The van der Waals surface area contributed by atoms with Crippen molar-refractivity contribution in [2.45, 2.75) is 39.3 Å². The fourth-order valence-corrected chi connectivity index (χ4v) is 2.98. The van der Waals surface area contributed by atoms with Crippen molar-refractivity contribution in [1.29, 1.82) is 0 Å². The third-order valence-electron chi connectivity index (χ3n) is 4.50. The smallest absolute Gasteiger partial charge is 0.0666 e. The van der Waals surface area contributed by atoms with Crippen molar-refractivity contribution in [3.63, 3.8) is 0 Å². The number of nitrogens with zero attached hydrogens (tertiary/aromatic N) is 2.